The van der Waals surface area contributed by atoms with E-state index < -0.39 is 18.0 Å². The Morgan fingerprint density at radius 2 is 2.16 bits per heavy atom. The summed E-state index contributed by atoms with van der Waals surface area (Å²) >= 11 is 0. The first-order chi connectivity index (χ1) is 12.1. The summed E-state index contributed by atoms with van der Waals surface area (Å²) < 4.78 is 24.8. The SMILES string of the molecule is O=C(NC[C@@H](O)c1ccco1)Nc1ccc(OC2CCCC2)c(F)c1. The molecule has 1 aromatic heterocycles. The zero-order chi connectivity index (χ0) is 17.6. The van der Waals surface area contributed by atoms with Crippen molar-refractivity contribution in [2.24, 2.45) is 0 Å². The molecule has 1 fully saturated rings. The van der Waals surface area contributed by atoms with Crippen LogP contribution in [-0.4, -0.2) is 23.8 Å². The topological polar surface area (TPSA) is 83.7 Å². The zero-order valence-corrected chi connectivity index (χ0v) is 13.7. The van der Waals surface area contributed by atoms with Crippen molar-refractivity contribution < 1.29 is 23.4 Å². The molecule has 7 heteroatoms. The quantitative estimate of drug-likeness (QED) is 0.745. The van der Waals surface area contributed by atoms with Crippen molar-refractivity contribution in [3.8, 4) is 5.75 Å². The number of halogens is 1. The third-order valence-electron chi connectivity index (χ3n) is 4.11. The molecule has 0 aliphatic heterocycles. The minimum atomic E-state index is -0.945. The molecule has 2 amide bonds. The van der Waals surface area contributed by atoms with Gasteiger partial charge in [-0.05, 0) is 49.9 Å². The van der Waals surface area contributed by atoms with Crippen LogP contribution >= 0.6 is 0 Å². The summed E-state index contributed by atoms with van der Waals surface area (Å²) in [7, 11) is 0. The molecule has 1 atom stereocenters. The number of ether oxygens (including phenoxy) is 1. The van der Waals surface area contributed by atoms with Gasteiger partial charge in [0.25, 0.3) is 0 Å². The fourth-order valence-electron chi connectivity index (χ4n) is 2.81. The number of urea groups is 1. The summed E-state index contributed by atoms with van der Waals surface area (Å²) in [6.07, 6.45) is 4.67. The van der Waals surface area contributed by atoms with E-state index in [1.54, 1.807) is 18.2 Å². The molecular formula is C18H21FN2O4. The molecule has 6 nitrogen and oxygen atoms in total. The molecule has 1 aliphatic carbocycles. The lowest BCUT2D eigenvalue weighted by atomic mass is 10.2. The number of furan rings is 1. The summed E-state index contributed by atoms with van der Waals surface area (Å²) in [5, 5.41) is 14.8. The highest BCUT2D eigenvalue weighted by Gasteiger charge is 2.18. The van der Waals surface area contributed by atoms with Crippen LogP contribution in [0.5, 0.6) is 5.75 Å². The molecule has 1 heterocycles. The highest BCUT2D eigenvalue weighted by Crippen LogP contribution is 2.27. The van der Waals surface area contributed by atoms with E-state index in [9.17, 15) is 14.3 Å². The largest absolute Gasteiger partial charge is 0.487 e. The van der Waals surface area contributed by atoms with Crippen LogP contribution in [0.2, 0.25) is 0 Å². The number of hydrogen-bond acceptors (Lipinski definition) is 4. The summed E-state index contributed by atoms with van der Waals surface area (Å²) in [5.74, 6) is 0.0474. The molecule has 3 rings (SSSR count). The lowest BCUT2D eigenvalue weighted by molar-refractivity contribution is 0.149. The van der Waals surface area contributed by atoms with Crippen molar-refractivity contribution in [3.05, 3.63) is 48.2 Å². The Bertz CT molecular complexity index is 699. The van der Waals surface area contributed by atoms with Crippen LogP contribution in [0.3, 0.4) is 0 Å². The smallest absolute Gasteiger partial charge is 0.319 e. The summed E-state index contributed by atoms with van der Waals surface area (Å²) in [6, 6.07) is 7.03. The van der Waals surface area contributed by atoms with E-state index in [4.69, 9.17) is 9.15 Å². The summed E-state index contributed by atoms with van der Waals surface area (Å²) in [5.41, 5.74) is 0.307. The number of nitrogens with one attached hydrogen (secondary N) is 2. The predicted octanol–water partition coefficient (Wildman–Crippen LogP) is 3.60. The number of aliphatic hydroxyl groups excluding tert-OH is 1. The Morgan fingerprint density at radius 3 is 2.84 bits per heavy atom. The second-order valence-corrected chi connectivity index (χ2v) is 6.04. The molecule has 3 N–H and O–H groups in total. The minimum absolute atomic E-state index is 0.0231. The van der Waals surface area contributed by atoms with Crippen LogP contribution in [0, 0.1) is 5.82 Å². The molecule has 134 valence electrons. The van der Waals surface area contributed by atoms with Gasteiger partial charge in [0.15, 0.2) is 11.6 Å². The summed E-state index contributed by atoms with van der Waals surface area (Å²) in [4.78, 5) is 11.8. The van der Waals surface area contributed by atoms with Gasteiger partial charge in [0.05, 0.1) is 18.9 Å². The van der Waals surface area contributed by atoms with Crippen LogP contribution in [0.25, 0.3) is 0 Å². The second-order valence-electron chi connectivity index (χ2n) is 6.04. The minimum Gasteiger partial charge on any atom is -0.487 e. The van der Waals surface area contributed by atoms with Crippen LogP contribution in [-0.2, 0) is 0 Å². The third-order valence-corrected chi connectivity index (χ3v) is 4.11. The van der Waals surface area contributed by atoms with Crippen molar-refractivity contribution in [2.45, 2.75) is 37.9 Å². The number of benzene rings is 1. The molecule has 1 aromatic carbocycles. The fourth-order valence-corrected chi connectivity index (χ4v) is 2.81. The first-order valence-corrected chi connectivity index (χ1v) is 8.34. The zero-order valence-electron chi connectivity index (χ0n) is 13.7. The Balaban J connectivity index is 1.50. The van der Waals surface area contributed by atoms with Gasteiger partial charge in [-0.3, -0.25) is 0 Å². The Hall–Kier alpha value is -2.54. The molecule has 1 aliphatic rings. The van der Waals surface area contributed by atoms with Crippen molar-refractivity contribution in [2.75, 3.05) is 11.9 Å². The average molecular weight is 348 g/mol. The van der Waals surface area contributed by atoms with Gasteiger partial charge in [-0.1, -0.05) is 0 Å². The first kappa shape index (κ1) is 17.3. The third kappa shape index (κ3) is 4.73. The Kier molecular flexibility index (Phi) is 5.55. The van der Waals surface area contributed by atoms with Crippen LogP contribution < -0.4 is 15.4 Å². The normalized spacial score (nSPS) is 15.8. The molecule has 0 spiro atoms. The van der Waals surface area contributed by atoms with E-state index in [2.05, 4.69) is 10.6 Å². The molecule has 25 heavy (non-hydrogen) atoms. The van der Waals surface area contributed by atoms with Gasteiger partial charge < -0.3 is 24.9 Å². The molecule has 0 bridgehead atoms. The number of amides is 2. The number of anilines is 1. The predicted molar refractivity (Wildman–Crippen MR) is 90.0 cm³/mol. The van der Waals surface area contributed by atoms with Gasteiger partial charge in [-0.25, -0.2) is 9.18 Å². The number of aliphatic hydroxyl groups is 1. The monoisotopic (exact) mass is 348 g/mol. The van der Waals surface area contributed by atoms with E-state index in [1.807, 2.05) is 0 Å². The maximum Gasteiger partial charge on any atom is 0.319 e. The molecule has 0 unspecified atom stereocenters. The van der Waals surface area contributed by atoms with Crippen molar-refractivity contribution >= 4 is 11.7 Å². The Morgan fingerprint density at radius 1 is 1.36 bits per heavy atom. The van der Waals surface area contributed by atoms with Gasteiger partial charge in [-0.15, -0.1) is 0 Å². The maximum atomic E-state index is 14.1. The lowest BCUT2D eigenvalue weighted by Crippen LogP contribution is -2.32. The van der Waals surface area contributed by atoms with Crippen LogP contribution in [0.15, 0.2) is 41.0 Å². The fraction of sp³-hybridized carbons (Fsp3) is 0.389. The van der Waals surface area contributed by atoms with E-state index in [-0.39, 0.29) is 18.4 Å². The van der Waals surface area contributed by atoms with Crippen molar-refractivity contribution in [1.82, 2.24) is 5.32 Å². The van der Waals surface area contributed by atoms with E-state index in [0.717, 1.165) is 25.7 Å². The second kappa shape index (κ2) is 8.02. The molecular weight excluding hydrogens is 327 g/mol. The average Bonchev–Trinajstić information content (AvgIpc) is 3.28. The maximum absolute atomic E-state index is 14.1. The van der Waals surface area contributed by atoms with Crippen molar-refractivity contribution in [3.63, 3.8) is 0 Å². The number of carbonyl (C=O) groups is 1. The highest BCUT2D eigenvalue weighted by atomic mass is 19.1. The van der Waals surface area contributed by atoms with Gasteiger partial charge in [-0.2, -0.15) is 0 Å². The Labute approximate surface area is 145 Å². The number of rotatable bonds is 6. The van der Waals surface area contributed by atoms with Gasteiger partial charge in [0.2, 0.25) is 0 Å². The molecule has 0 saturated heterocycles. The molecule has 0 radical (unpaired) electrons. The van der Waals surface area contributed by atoms with Crippen molar-refractivity contribution in [1.29, 1.82) is 0 Å². The van der Waals surface area contributed by atoms with Crippen LogP contribution in [0.4, 0.5) is 14.9 Å². The molecule has 2 aromatic rings. The van der Waals surface area contributed by atoms with Crippen LogP contribution in [0.1, 0.15) is 37.5 Å². The number of hydrogen-bond donors (Lipinski definition) is 3. The highest BCUT2D eigenvalue weighted by molar-refractivity contribution is 5.89. The summed E-state index contributed by atoms with van der Waals surface area (Å²) in [6.45, 7) is -0.0231. The standard InChI is InChI=1S/C18H21FN2O4/c19-14-10-12(7-8-16(14)25-13-4-1-2-5-13)21-18(23)20-11-15(22)17-6-3-9-24-17/h3,6-10,13,15,22H,1-2,4-5,11H2,(H2,20,21,23)/t15-/m1/s1. The van der Waals surface area contributed by atoms with Gasteiger partial charge in [0.1, 0.15) is 11.9 Å². The lowest BCUT2D eigenvalue weighted by Gasteiger charge is -2.15. The van der Waals surface area contributed by atoms with E-state index >= 15 is 0 Å². The molecule has 1 saturated carbocycles. The van der Waals surface area contributed by atoms with Gasteiger partial charge in [0, 0.05) is 11.8 Å². The van der Waals surface area contributed by atoms with E-state index in [0.29, 0.717) is 11.4 Å². The van der Waals surface area contributed by atoms with Gasteiger partial charge >= 0.3 is 6.03 Å². The number of carbonyl (C=O) groups excluding carboxylic acids is 1. The first-order valence-electron chi connectivity index (χ1n) is 8.34. The van der Waals surface area contributed by atoms with E-state index in [1.165, 1.54) is 18.4 Å².